The molecule has 2 rings (SSSR count). The van der Waals surface area contributed by atoms with Gasteiger partial charge in [0.2, 0.25) is 0 Å². The van der Waals surface area contributed by atoms with Crippen molar-refractivity contribution in [3.8, 4) is 0 Å². The van der Waals surface area contributed by atoms with E-state index in [2.05, 4.69) is 41.1 Å². The Kier molecular flexibility index (Phi) is 6.02. The molecule has 1 aromatic heterocycles. The Morgan fingerprint density at radius 3 is 2.85 bits per heavy atom. The lowest BCUT2D eigenvalue weighted by Crippen LogP contribution is -2.24. The van der Waals surface area contributed by atoms with Gasteiger partial charge in [0.1, 0.15) is 5.82 Å². The number of nitrogens with zero attached hydrogens (tertiary/aromatic N) is 2. The fourth-order valence-electron chi connectivity index (χ4n) is 2.39. The van der Waals surface area contributed by atoms with Crippen LogP contribution in [0.2, 0.25) is 0 Å². The highest BCUT2D eigenvalue weighted by molar-refractivity contribution is 5.75. The number of rotatable bonds is 9. The van der Waals surface area contributed by atoms with Gasteiger partial charge in [0.05, 0.1) is 17.6 Å². The van der Waals surface area contributed by atoms with Crippen molar-refractivity contribution in [3.05, 3.63) is 30.1 Å². The molecule has 20 heavy (non-hydrogen) atoms. The van der Waals surface area contributed by atoms with Gasteiger partial charge < -0.3 is 14.6 Å². The molecule has 0 radical (unpaired) electrons. The molecule has 0 amide bonds. The van der Waals surface area contributed by atoms with Crippen LogP contribution in [0.25, 0.3) is 11.0 Å². The van der Waals surface area contributed by atoms with Crippen LogP contribution in [0, 0.1) is 0 Å². The summed E-state index contributed by atoms with van der Waals surface area (Å²) in [6.45, 7) is 8.60. The van der Waals surface area contributed by atoms with Crippen LogP contribution in [-0.4, -0.2) is 35.9 Å². The fraction of sp³-hybridized carbons (Fsp3) is 0.562. The lowest BCUT2D eigenvalue weighted by molar-refractivity contribution is 0.149. The molecule has 2 aromatic rings. The number of nitrogens with one attached hydrogen (secondary N) is 1. The van der Waals surface area contributed by atoms with Crippen molar-refractivity contribution < 1.29 is 4.74 Å². The van der Waals surface area contributed by atoms with Crippen molar-refractivity contribution >= 4 is 11.0 Å². The number of imidazole rings is 1. The van der Waals surface area contributed by atoms with E-state index in [1.807, 2.05) is 6.92 Å². The molecule has 0 bridgehead atoms. The van der Waals surface area contributed by atoms with Gasteiger partial charge in [-0.2, -0.15) is 0 Å². The minimum absolute atomic E-state index is 0.781. The Labute approximate surface area is 121 Å². The van der Waals surface area contributed by atoms with Crippen LogP contribution in [0.4, 0.5) is 0 Å². The topological polar surface area (TPSA) is 39.1 Å². The summed E-state index contributed by atoms with van der Waals surface area (Å²) >= 11 is 0. The predicted octanol–water partition coefficient (Wildman–Crippen LogP) is 2.61. The zero-order valence-corrected chi connectivity index (χ0v) is 12.6. The van der Waals surface area contributed by atoms with E-state index in [4.69, 9.17) is 9.72 Å². The molecular formula is C16H25N3O. The molecular weight excluding hydrogens is 250 g/mol. The zero-order valence-electron chi connectivity index (χ0n) is 12.6. The molecule has 0 atom stereocenters. The molecule has 0 aliphatic rings. The fourth-order valence-corrected chi connectivity index (χ4v) is 2.39. The molecule has 0 fully saturated rings. The van der Waals surface area contributed by atoms with Crippen molar-refractivity contribution in [1.82, 2.24) is 14.9 Å². The minimum atomic E-state index is 0.781. The van der Waals surface area contributed by atoms with E-state index in [9.17, 15) is 0 Å². The molecule has 1 heterocycles. The second-order valence-electron chi connectivity index (χ2n) is 4.87. The second kappa shape index (κ2) is 8.02. The summed E-state index contributed by atoms with van der Waals surface area (Å²) < 4.78 is 7.66. The number of fused-ring (bicyclic) bond motifs is 1. The van der Waals surface area contributed by atoms with E-state index < -0.39 is 0 Å². The van der Waals surface area contributed by atoms with E-state index in [0.29, 0.717) is 0 Å². The second-order valence-corrected chi connectivity index (χ2v) is 4.87. The Morgan fingerprint density at radius 1 is 1.20 bits per heavy atom. The number of ether oxygens (including phenoxy) is 1. The summed E-state index contributed by atoms with van der Waals surface area (Å²) in [5.74, 6) is 1.19. The van der Waals surface area contributed by atoms with Gasteiger partial charge in [-0.25, -0.2) is 4.98 Å². The van der Waals surface area contributed by atoms with E-state index >= 15 is 0 Å². The van der Waals surface area contributed by atoms with Crippen LogP contribution < -0.4 is 5.32 Å². The molecule has 0 saturated carbocycles. The summed E-state index contributed by atoms with van der Waals surface area (Å²) in [6.07, 6.45) is 2.16. The molecule has 0 aliphatic heterocycles. The van der Waals surface area contributed by atoms with E-state index in [0.717, 1.165) is 51.2 Å². The van der Waals surface area contributed by atoms with Crippen LogP contribution in [0.5, 0.6) is 0 Å². The highest BCUT2D eigenvalue weighted by atomic mass is 16.5. The van der Waals surface area contributed by atoms with Crippen molar-refractivity contribution in [2.45, 2.75) is 33.2 Å². The van der Waals surface area contributed by atoms with Crippen LogP contribution in [0.1, 0.15) is 26.1 Å². The standard InChI is InChI=1S/C16H25N3O/c1-3-7-16-18-14-8-5-6-9-15(14)19(16)12-10-17-11-13-20-4-2/h5-6,8-9,17H,3-4,7,10-13H2,1-2H3. The Hall–Kier alpha value is -1.39. The smallest absolute Gasteiger partial charge is 0.109 e. The predicted molar refractivity (Wildman–Crippen MR) is 83.1 cm³/mol. The first-order chi connectivity index (χ1) is 9.86. The van der Waals surface area contributed by atoms with Gasteiger partial charge in [0.15, 0.2) is 0 Å². The molecule has 4 nitrogen and oxygen atoms in total. The largest absolute Gasteiger partial charge is 0.380 e. The highest BCUT2D eigenvalue weighted by Gasteiger charge is 2.08. The van der Waals surface area contributed by atoms with Gasteiger partial charge in [-0.1, -0.05) is 19.1 Å². The average Bonchev–Trinajstić information content (AvgIpc) is 2.81. The lowest BCUT2D eigenvalue weighted by Gasteiger charge is -2.10. The number of hydrogen-bond acceptors (Lipinski definition) is 3. The van der Waals surface area contributed by atoms with Gasteiger partial charge in [-0.05, 0) is 25.5 Å². The van der Waals surface area contributed by atoms with Crippen molar-refractivity contribution in [1.29, 1.82) is 0 Å². The van der Waals surface area contributed by atoms with Crippen molar-refractivity contribution in [2.24, 2.45) is 0 Å². The summed E-state index contributed by atoms with van der Waals surface area (Å²) in [5, 5.41) is 3.42. The van der Waals surface area contributed by atoms with Gasteiger partial charge in [0, 0.05) is 32.7 Å². The highest BCUT2D eigenvalue weighted by Crippen LogP contribution is 2.16. The van der Waals surface area contributed by atoms with Crippen LogP contribution >= 0.6 is 0 Å². The van der Waals surface area contributed by atoms with Gasteiger partial charge in [-0.15, -0.1) is 0 Å². The van der Waals surface area contributed by atoms with Gasteiger partial charge >= 0.3 is 0 Å². The van der Waals surface area contributed by atoms with Crippen molar-refractivity contribution in [2.75, 3.05) is 26.3 Å². The molecule has 0 spiro atoms. The normalized spacial score (nSPS) is 11.3. The molecule has 1 aromatic carbocycles. The van der Waals surface area contributed by atoms with Crippen LogP contribution in [0.3, 0.4) is 0 Å². The van der Waals surface area contributed by atoms with Gasteiger partial charge in [0.25, 0.3) is 0 Å². The third-order valence-corrected chi connectivity index (χ3v) is 3.35. The van der Waals surface area contributed by atoms with Crippen molar-refractivity contribution in [3.63, 3.8) is 0 Å². The number of aryl methyl sites for hydroxylation is 1. The first-order valence-corrected chi connectivity index (χ1v) is 7.59. The Bertz CT molecular complexity index is 521. The number of para-hydroxylation sites is 2. The maximum Gasteiger partial charge on any atom is 0.109 e. The molecule has 0 unspecified atom stereocenters. The molecule has 0 saturated heterocycles. The summed E-state index contributed by atoms with van der Waals surface area (Å²) in [5.41, 5.74) is 2.34. The lowest BCUT2D eigenvalue weighted by atomic mass is 10.3. The Morgan fingerprint density at radius 2 is 2.05 bits per heavy atom. The number of benzene rings is 1. The number of aromatic nitrogens is 2. The summed E-state index contributed by atoms with van der Waals surface area (Å²) in [4.78, 5) is 4.74. The maximum absolute atomic E-state index is 5.32. The first-order valence-electron chi connectivity index (χ1n) is 7.59. The quantitative estimate of drug-likeness (QED) is 0.715. The first kappa shape index (κ1) is 15.0. The molecule has 1 N–H and O–H groups in total. The summed E-state index contributed by atoms with van der Waals surface area (Å²) in [6, 6.07) is 8.38. The minimum Gasteiger partial charge on any atom is -0.380 e. The molecule has 4 heteroatoms. The summed E-state index contributed by atoms with van der Waals surface area (Å²) in [7, 11) is 0. The van der Waals surface area contributed by atoms with Crippen LogP contribution in [0.15, 0.2) is 24.3 Å². The molecule has 0 aliphatic carbocycles. The Balaban J connectivity index is 1.98. The zero-order chi connectivity index (χ0) is 14.2. The van der Waals surface area contributed by atoms with E-state index in [1.165, 1.54) is 11.3 Å². The molecule has 110 valence electrons. The SMILES string of the molecule is CCCc1nc2ccccc2n1CCNCCOCC. The maximum atomic E-state index is 5.32. The van der Waals surface area contributed by atoms with Gasteiger partial charge in [-0.3, -0.25) is 0 Å². The third kappa shape index (κ3) is 3.81. The average molecular weight is 275 g/mol. The monoisotopic (exact) mass is 275 g/mol. The third-order valence-electron chi connectivity index (χ3n) is 3.35. The number of hydrogen-bond donors (Lipinski definition) is 1. The van der Waals surface area contributed by atoms with Crippen LogP contribution in [-0.2, 0) is 17.7 Å². The van der Waals surface area contributed by atoms with E-state index in [1.54, 1.807) is 0 Å². The van der Waals surface area contributed by atoms with E-state index in [-0.39, 0.29) is 0 Å².